The number of Topliss-reactive ketones (excluding diaryl/α,β-unsaturated/α-hetero) is 1. The number of rotatable bonds is 22. The number of piperidine rings is 1. The number of nitrogens with one attached hydrogen (secondary N) is 2. The van der Waals surface area contributed by atoms with E-state index in [1.54, 1.807) is 31.4 Å². The lowest BCUT2D eigenvalue weighted by Crippen LogP contribution is -2.50. The molecule has 15 nitrogen and oxygen atoms in total. The highest BCUT2D eigenvalue weighted by molar-refractivity contribution is 7.09. The second-order valence-electron chi connectivity index (χ2n) is 16.6. The number of carbonyl (C=O) groups is 5. The standard InChI is InChI=1S/C42H64N6O9S/c1-10-19-47(39(51)31(27(5)11-2)22-35(49)33-14-12-13-20-46(33)9)34(26(3)4)23-36(57-41(54)43-8)38-45-32(25-58-38)37(50)44-29(24-42(6,7)40(52)53)21-28-15-17-30(18-16-28)48(55)56/h15-18,25-27,29,31,33-34,36H,10-14,19-24H2,1-9H3,(H,43,54)(H,44,50)(H,52,53)/t27-,29-,31-,33+,34+,36+/m0/s1. The quantitative estimate of drug-likeness (QED) is 0.0811. The molecule has 16 heteroatoms. The summed E-state index contributed by atoms with van der Waals surface area (Å²) in [5.74, 6) is -2.25. The minimum atomic E-state index is -1.21. The van der Waals surface area contributed by atoms with Crippen LogP contribution < -0.4 is 10.6 Å². The van der Waals surface area contributed by atoms with Gasteiger partial charge in [-0.2, -0.15) is 0 Å². The van der Waals surface area contributed by atoms with Crippen molar-refractivity contribution in [1.29, 1.82) is 0 Å². The molecule has 2 aromatic rings. The van der Waals surface area contributed by atoms with Gasteiger partial charge in [0.2, 0.25) is 5.91 Å². The van der Waals surface area contributed by atoms with E-state index in [-0.39, 0.29) is 66.6 Å². The number of carboxylic acids is 1. The largest absolute Gasteiger partial charge is 0.481 e. The van der Waals surface area contributed by atoms with Crippen molar-refractivity contribution in [1.82, 2.24) is 25.4 Å². The number of likely N-dealkylation sites (tertiary alicyclic amines) is 1. The van der Waals surface area contributed by atoms with Gasteiger partial charge >= 0.3 is 12.1 Å². The first kappa shape index (κ1) is 47.9. The minimum absolute atomic E-state index is 0.0398. The summed E-state index contributed by atoms with van der Waals surface area (Å²) in [6.45, 7) is 14.5. The number of non-ortho nitro benzene ring substituents is 1. The molecule has 0 spiro atoms. The van der Waals surface area contributed by atoms with Crippen LogP contribution >= 0.6 is 11.3 Å². The number of benzene rings is 1. The monoisotopic (exact) mass is 828 g/mol. The number of carbonyl (C=O) groups excluding carboxylic acids is 4. The van der Waals surface area contributed by atoms with Gasteiger partial charge in [0.05, 0.1) is 16.4 Å². The fourth-order valence-electron chi connectivity index (χ4n) is 7.63. The third-order valence-corrected chi connectivity index (χ3v) is 12.3. The van der Waals surface area contributed by atoms with Crippen molar-refractivity contribution in [2.24, 2.45) is 23.2 Å². The zero-order chi connectivity index (χ0) is 43.3. The van der Waals surface area contributed by atoms with E-state index in [9.17, 15) is 39.2 Å². The molecule has 1 aromatic heterocycles. The zero-order valence-electron chi connectivity index (χ0n) is 35.6. The number of alkyl carbamates (subject to hydrolysis) is 1. The van der Waals surface area contributed by atoms with Gasteiger partial charge in [0, 0.05) is 61.9 Å². The molecule has 3 rings (SSSR count). The smallest absolute Gasteiger partial charge is 0.407 e. The molecule has 0 radical (unpaired) electrons. The molecule has 1 aliphatic heterocycles. The number of hydrogen-bond donors (Lipinski definition) is 3. The lowest BCUT2D eigenvalue weighted by molar-refractivity contribution is -0.384. The van der Waals surface area contributed by atoms with Crippen LogP contribution in [0, 0.1) is 33.3 Å². The molecular weight excluding hydrogens is 765 g/mol. The number of ether oxygens (including phenoxy) is 1. The Kier molecular flexibility index (Phi) is 18.2. The number of aromatic nitrogens is 1. The number of likely N-dealkylation sites (N-methyl/N-ethyl adjacent to an activating group) is 1. The summed E-state index contributed by atoms with van der Waals surface area (Å²) in [4.78, 5) is 86.3. The van der Waals surface area contributed by atoms with Gasteiger partial charge in [-0.05, 0) is 76.9 Å². The van der Waals surface area contributed by atoms with Crippen LogP contribution in [-0.4, -0.2) is 99.8 Å². The molecule has 322 valence electrons. The Morgan fingerprint density at radius 1 is 1.12 bits per heavy atom. The number of hydrogen-bond acceptors (Lipinski definition) is 11. The Hall–Kier alpha value is -4.44. The maximum atomic E-state index is 14.7. The number of nitro benzene ring substituents is 1. The molecule has 1 aliphatic rings. The lowest BCUT2D eigenvalue weighted by Gasteiger charge is -2.39. The van der Waals surface area contributed by atoms with Gasteiger partial charge < -0.3 is 25.4 Å². The minimum Gasteiger partial charge on any atom is -0.481 e. The lowest BCUT2D eigenvalue weighted by atomic mass is 9.82. The van der Waals surface area contributed by atoms with Gasteiger partial charge in [0.1, 0.15) is 10.7 Å². The predicted molar refractivity (Wildman–Crippen MR) is 223 cm³/mol. The van der Waals surface area contributed by atoms with Crippen LogP contribution in [0.1, 0.15) is 127 Å². The van der Waals surface area contributed by atoms with Crippen LogP contribution in [0.15, 0.2) is 29.6 Å². The highest BCUT2D eigenvalue weighted by Crippen LogP contribution is 2.34. The Balaban J connectivity index is 1.92. The Morgan fingerprint density at radius 3 is 2.34 bits per heavy atom. The molecule has 3 amide bonds. The predicted octanol–water partition coefficient (Wildman–Crippen LogP) is 7.05. The molecular formula is C42H64N6O9S. The number of nitro groups is 1. The van der Waals surface area contributed by atoms with Crippen molar-refractivity contribution in [3.05, 3.63) is 56.0 Å². The fourth-order valence-corrected chi connectivity index (χ4v) is 8.46. The number of aliphatic carboxylic acids is 1. The molecule has 2 heterocycles. The molecule has 0 unspecified atom stereocenters. The maximum absolute atomic E-state index is 14.7. The van der Waals surface area contributed by atoms with Crippen LogP contribution in [0.5, 0.6) is 0 Å². The first-order valence-electron chi connectivity index (χ1n) is 20.5. The third-order valence-electron chi connectivity index (χ3n) is 11.4. The van der Waals surface area contributed by atoms with Crippen LogP contribution in [0.2, 0.25) is 0 Å². The van der Waals surface area contributed by atoms with Gasteiger partial charge in [-0.3, -0.25) is 34.2 Å². The summed E-state index contributed by atoms with van der Waals surface area (Å²) in [5.41, 5.74) is -0.589. The number of carboxylic acid groups (broad SMARTS) is 1. The van der Waals surface area contributed by atoms with Gasteiger partial charge in [0.15, 0.2) is 11.9 Å². The average molecular weight is 829 g/mol. The van der Waals surface area contributed by atoms with Crippen molar-refractivity contribution < 1.29 is 38.7 Å². The number of amides is 3. The van der Waals surface area contributed by atoms with Gasteiger partial charge in [0.25, 0.3) is 11.6 Å². The molecule has 6 atom stereocenters. The van der Waals surface area contributed by atoms with Crippen molar-refractivity contribution in [3.63, 3.8) is 0 Å². The summed E-state index contributed by atoms with van der Waals surface area (Å²) in [7, 11) is 3.41. The summed E-state index contributed by atoms with van der Waals surface area (Å²) < 4.78 is 5.89. The van der Waals surface area contributed by atoms with E-state index >= 15 is 0 Å². The van der Waals surface area contributed by atoms with E-state index in [4.69, 9.17) is 4.74 Å². The Bertz CT molecular complexity index is 1710. The average Bonchev–Trinajstić information content (AvgIpc) is 3.68. The summed E-state index contributed by atoms with van der Waals surface area (Å²) in [5, 5.41) is 28.3. The topological polar surface area (TPSA) is 201 Å². The van der Waals surface area contributed by atoms with Crippen molar-refractivity contribution in [2.75, 3.05) is 27.2 Å². The molecule has 1 aromatic carbocycles. The maximum Gasteiger partial charge on any atom is 0.407 e. The van der Waals surface area contributed by atoms with Crippen LogP contribution in [-0.2, 0) is 25.5 Å². The first-order valence-corrected chi connectivity index (χ1v) is 21.4. The Labute approximate surface area is 346 Å². The summed E-state index contributed by atoms with van der Waals surface area (Å²) in [6, 6.07) is 4.58. The van der Waals surface area contributed by atoms with E-state index < -0.39 is 52.4 Å². The van der Waals surface area contributed by atoms with E-state index in [0.717, 1.165) is 43.6 Å². The molecule has 3 N–H and O–H groups in total. The molecule has 0 bridgehead atoms. The van der Waals surface area contributed by atoms with E-state index in [0.29, 0.717) is 23.5 Å². The van der Waals surface area contributed by atoms with Gasteiger partial charge in [-0.1, -0.05) is 59.6 Å². The van der Waals surface area contributed by atoms with Crippen molar-refractivity contribution >= 4 is 46.7 Å². The highest BCUT2D eigenvalue weighted by Gasteiger charge is 2.39. The molecule has 0 aliphatic carbocycles. The Morgan fingerprint density at radius 2 is 1.79 bits per heavy atom. The van der Waals surface area contributed by atoms with Gasteiger partial charge in [-0.15, -0.1) is 11.3 Å². The fraction of sp³-hybridized carbons (Fsp3) is 0.667. The normalized spacial score (nSPS) is 17.4. The molecule has 58 heavy (non-hydrogen) atoms. The molecule has 1 saturated heterocycles. The first-order chi connectivity index (χ1) is 27.3. The highest BCUT2D eigenvalue weighted by atomic mass is 32.1. The van der Waals surface area contributed by atoms with E-state index in [2.05, 4.69) is 20.5 Å². The van der Waals surface area contributed by atoms with Gasteiger partial charge in [-0.25, -0.2) is 9.78 Å². The zero-order valence-corrected chi connectivity index (χ0v) is 36.4. The summed E-state index contributed by atoms with van der Waals surface area (Å²) in [6.07, 6.45) is 3.19. The second kappa shape index (κ2) is 22.1. The van der Waals surface area contributed by atoms with Crippen LogP contribution in [0.3, 0.4) is 0 Å². The van der Waals surface area contributed by atoms with E-state index in [1.807, 2.05) is 46.6 Å². The van der Waals surface area contributed by atoms with Crippen molar-refractivity contribution in [3.8, 4) is 0 Å². The molecule has 1 fully saturated rings. The molecule has 0 saturated carbocycles. The van der Waals surface area contributed by atoms with E-state index in [1.165, 1.54) is 19.2 Å². The second-order valence-corrected chi connectivity index (χ2v) is 17.5. The van der Waals surface area contributed by atoms with Crippen LogP contribution in [0.4, 0.5) is 10.5 Å². The summed E-state index contributed by atoms with van der Waals surface area (Å²) >= 11 is 1.13. The third kappa shape index (κ3) is 13.3. The van der Waals surface area contributed by atoms with Crippen molar-refractivity contribution in [2.45, 2.75) is 130 Å². The number of thiazole rings is 1. The number of nitrogens with zero attached hydrogens (tertiary/aromatic N) is 4. The SMILES string of the molecule is CCCN(C(=O)[C@@H](CC(=O)[C@H]1CCCCN1C)[C@@H](C)CC)[C@H](C[C@@H](OC(=O)NC)c1nc(C(=O)N[C@@H](Cc2ccc([N+](=O)[O-])cc2)CC(C)(C)C(=O)O)cs1)C(C)C. The van der Waals surface area contributed by atoms with Crippen LogP contribution in [0.25, 0.3) is 0 Å². The number of ketones is 1.